The van der Waals surface area contributed by atoms with Crippen LogP contribution in [0.15, 0.2) is 18.2 Å². The van der Waals surface area contributed by atoms with Gasteiger partial charge in [0.05, 0.1) is 12.1 Å². The van der Waals surface area contributed by atoms with E-state index in [0.717, 1.165) is 5.75 Å². The van der Waals surface area contributed by atoms with Gasteiger partial charge in [-0.1, -0.05) is 32.9 Å². The number of rotatable bonds is 5. The second-order valence-electron chi connectivity index (χ2n) is 6.51. The average molecular weight is 265 g/mol. The number of hydrogen-bond donors (Lipinski definition) is 2. The minimum Gasteiger partial charge on any atom is -0.491 e. The van der Waals surface area contributed by atoms with Crippen LogP contribution >= 0.6 is 0 Å². The summed E-state index contributed by atoms with van der Waals surface area (Å²) in [5, 5.41) is 12.5. The lowest BCUT2D eigenvalue weighted by molar-refractivity contribution is 0.121. The van der Waals surface area contributed by atoms with Gasteiger partial charge in [-0.3, -0.25) is 0 Å². The molecule has 0 saturated carbocycles. The first-order valence-corrected chi connectivity index (χ1v) is 6.75. The molecule has 0 fully saturated rings. The number of aliphatic hydroxyl groups excluding tert-OH is 1. The Balaban J connectivity index is 2.97. The number of aryl methyl sites for hydroxylation is 1. The Morgan fingerprint density at radius 3 is 2.32 bits per heavy atom. The van der Waals surface area contributed by atoms with Crippen LogP contribution in [0.3, 0.4) is 0 Å². The number of nitrogens with one attached hydrogen (secondary N) is 1. The van der Waals surface area contributed by atoms with Gasteiger partial charge in [0.25, 0.3) is 0 Å². The molecule has 2 N–H and O–H groups in total. The van der Waals surface area contributed by atoms with Crippen LogP contribution in [-0.2, 0) is 5.41 Å². The van der Waals surface area contributed by atoms with Crippen molar-refractivity contribution in [1.29, 1.82) is 0 Å². The number of ether oxygens (including phenoxy) is 1. The Kier molecular flexibility index (Phi) is 4.99. The van der Waals surface area contributed by atoms with E-state index < -0.39 is 5.54 Å². The first-order chi connectivity index (χ1) is 8.72. The number of hydrogen-bond acceptors (Lipinski definition) is 3. The molecule has 3 nitrogen and oxygen atoms in total. The van der Waals surface area contributed by atoms with Crippen molar-refractivity contribution in [3.8, 4) is 5.75 Å². The fourth-order valence-corrected chi connectivity index (χ4v) is 1.80. The molecule has 0 radical (unpaired) electrons. The van der Waals surface area contributed by atoms with E-state index in [4.69, 9.17) is 4.74 Å². The molecule has 1 aromatic carbocycles. The molecule has 0 spiro atoms. The van der Waals surface area contributed by atoms with E-state index in [1.54, 1.807) is 0 Å². The van der Waals surface area contributed by atoms with E-state index in [1.807, 2.05) is 14.0 Å². The minimum atomic E-state index is -0.418. The molecule has 0 aromatic heterocycles. The Labute approximate surface area is 117 Å². The maximum atomic E-state index is 9.40. The van der Waals surface area contributed by atoms with Crippen molar-refractivity contribution in [3.05, 3.63) is 29.3 Å². The van der Waals surface area contributed by atoms with Crippen molar-refractivity contribution in [3.63, 3.8) is 0 Å². The fraction of sp³-hybridized carbons (Fsp3) is 0.625. The summed E-state index contributed by atoms with van der Waals surface area (Å²) in [5.41, 5.74) is 1.99. The van der Waals surface area contributed by atoms with Gasteiger partial charge in [0.1, 0.15) is 12.4 Å². The Hall–Kier alpha value is -1.06. The lowest BCUT2D eigenvalue weighted by atomic mass is 9.86. The van der Waals surface area contributed by atoms with Gasteiger partial charge in [0, 0.05) is 0 Å². The van der Waals surface area contributed by atoms with E-state index >= 15 is 0 Å². The molecule has 0 amide bonds. The zero-order chi connectivity index (χ0) is 14.7. The first-order valence-electron chi connectivity index (χ1n) is 6.75. The fourth-order valence-electron chi connectivity index (χ4n) is 1.80. The summed E-state index contributed by atoms with van der Waals surface area (Å²) in [6.07, 6.45) is 0. The third-order valence-corrected chi connectivity index (χ3v) is 3.44. The SMILES string of the molecule is CNC(C)(CO)COc1cc(C)ccc1C(C)(C)C. The average Bonchev–Trinajstić information content (AvgIpc) is 2.34. The summed E-state index contributed by atoms with van der Waals surface area (Å²) >= 11 is 0. The first kappa shape index (κ1) is 16.0. The standard InChI is InChI=1S/C16H27NO2/c1-12-7-8-13(15(2,3)4)14(9-12)19-11-16(5,10-18)17-6/h7-9,17-18H,10-11H2,1-6H3. The molecule has 1 aromatic rings. The number of aliphatic hydroxyl groups is 1. The number of benzene rings is 1. The zero-order valence-electron chi connectivity index (χ0n) is 13.0. The molecule has 108 valence electrons. The summed E-state index contributed by atoms with van der Waals surface area (Å²) in [6.45, 7) is 11.0. The van der Waals surface area contributed by atoms with Gasteiger partial charge in [-0.05, 0) is 43.5 Å². The lowest BCUT2D eigenvalue weighted by Crippen LogP contribution is -2.48. The summed E-state index contributed by atoms with van der Waals surface area (Å²) in [5.74, 6) is 0.905. The Morgan fingerprint density at radius 1 is 1.21 bits per heavy atom. The molecule has 0 aliphatic carbocycles. The molecule has 0 heterocycles. The van der Waals surface area contributed by atoms with E-state index in [0.29, 0.717) is 6.61 Å². The van der Waals surface area contributed by atoms with Crippen molar-refractivity contribution >= 4 is 0 Å². The maximum Gasteiger partial charge on any atom is 0.123 e. The monoisotopic (exact) mass is 265 g/mol. The van der Waals surface area contributed by atoms with Crippen LogP contribution in [0.5, 0.6) is 5.75 Å². The van der Waals surface area contributed by atoms with Crippen molar-refractivity contribution in [2.75, 3.05) is 20.3 Å². The molecule has 0 bridgehead atoms. The molecule has 19 heavy (non-hydrogen) atoms. The van der Waals surface area contributed by atoms with Gasteiger partial charge in [-0.25, -0.2) is 0 Å². The van der Waals surface area contributed by atoms with Crippen LogP contribution in [0.2, 0.25) is 0 Å². The van der Waals surface area contributed by atoms with Crippen LogP contribution in [0.25, 0.3) is 0 Å². The summed E-state index contributed by atoms with van der Waals surface area (Å²) in [6, 6.07) is 6.30. The molecule has 1 rings (SSSR count). The van der Waals surface area contributed by atoms with Gasteiger partial charge in [0.15, 0.2) is 0 Å². The largest absolute Gasteiger partial charge is 0.491 e. The molecule has 0 aliphatic heterocycles. The summed E-state index contributed by atoms with van der Waals surface area (Å²) in [4.78, 5) is 0. The van der Waals surface area contributed by atoms with Gasteiger partial charge in [-0.15, -0.1) is 0 Å². The molecular weight excluding hydrogens is 238 g/mol. The van der Waals surface area contributed by atoms with Crippen molar-refractivity contribution in [2.45, 2.75) is 45.6 Å². The van der Waals surface area contributed by atoms with Gasteiger partial charge in [-0.2, -0.15) is 0 Å². The molecule has 1 atom stereocenters. The highest BCUT2D eigenvalue weighted by Crippen LogP contribution is 2.32. The molecule has 1 unspecified atom stereocenters. The van der Waals surface area contributed by atoms with E-state index in [2.05, 4.69) is 51.2 Å². The predicted octanol–water partition coefficient (Wildman–Crippen LogP) is 2.64. The second kappa shape index (κ2) is 5.93. The normalized spacial score (nSPS) is 15.1. The smallest absolute Gasteiger partial charge is 0.123 e. The van der Waals surface area contributed by atoms with Gasteiger partial charge < -0.3 is 15.2 Å². The summed E-state index contributed by atoms with van der Waals surface area (Å²) in [7, 11) is 1.83. The number of likely N-dealkylation sites (N-methyl/N-ethyl adjacent to an activating group) is 1. The molecule has 0 aliphatic rings. The van der Waals surface area contributed by atoms with Gasteiger partial charge in [0.2, 0.25) is 0 Å². The lowest BCUT2D eigenvalue weighted by Gasteiger charge is -2.29. The van der Waals surface area contributed by atoms with Crippen molar-refractivity contribution in [2.24, 2.45) is 0 Å². The van der Waals surface area contributed by atoms with Crippen LogP contribution in [-0.4, -0.2) is 30.9 Å². The van der Waals surface area contributed by atoms with Crippen LogP contribution < -0.4 is 10.1 Å². The minimum absolute atomic E-state index is 0.0400. The third-order valence-electron chi connectivity index (χ3n) is 3.44. The highest BCUT2D eigenvalue weighted by Gasteiger charge is 2.24. The maximum absolute atomic E-state index is 9.40. The van der Waals surface area contributed by atoms with Crippen LogP contribution in [0, 0.1) is 6.92 Å². The highest BCUT2D eigenvalue weighted by molar-refractivity contribution is 5.41. The Morgan fingerprint density at radius 2 is 1.84 bits per heavy atom. The van der Waals surface area contributed by atoms with Crippen LogP contribution in [0.1, 0.15) is 38.8 Å². The molecule has 3 heteroatoms. The third kappa shape index (κ3) is 4.22. The van der Waals surface area contributed by atoms with E-state index in [-0.39, 0.29) is 12.0 Å². The van der Waals surface area contributed by atoms with E-state index in [9.17, 15) is 5.11 Å². The Bertz CT molecular complexity index is 417. The predicted molar refractivity (Wildman–Crippen MR) is 79.9 cm³/mol. The zero-order valence-corrected chi connectivity index (χ0v) is 13.0. The highest BCUT2D eigenvalue weighted by atomic mass is 16.5. The quantitative estimate of drug-likeness (QED) is 0.860. The topological polar surface area (TPSA) is 41.5 Å². The molecular formula is C16H27NO2. The van der Waals surface area contributed by atoms with Crippen LogP contribution in [0.4, 0.5) is 0 Å². The second-order valence-corrected chi connectivity index (χ2v) is 6.51. The summed E-state index contributed by atoms with van der Waals surface area (Å²) < 4.78 is 5.97. The molecule has 0 saturated heterocycles. The van der Waals surface area contributed by atoms with Crippen molar-refractivity contribution in [1.82, 2.24) is 5.32 Å². The van der Waals surface area contributed by atoms with Gasteiger partial charge >= 0.3 is 0 Å². The van der Waals surface area contributed by atoms with E-state index in [1.165, 1.54) is 11.1 Å². The van der Waals surface area contributed by atoms with Crippen molar-refractivity contribution < 1.29 is 9.84 Å².